The summed E-state index contributed by atoms with van der Waals surface area (Å²) < 4.78 is 43.0. The normalized spacial score (nSPS) is 11.2. The summed E-state index contributed by atoms with van der Waals surface area (Å²) in [5.41, 5.74) is 0.0657. The quantitative estimate of drug-likeness (QED) is 0.455. The van der Waals surface area contributed by atoms with Crippen LogP contribution in [0.25, 0.3) is 11.0 Å². The summed E-state index contributed by atoms with van der Waals surface area (Å²) in [6.07, 6.45) is 2.03. The maximum absolute atomic E-state index is 12.6. The average Bonchev–Trinajstić information content (AvgIpc) is 2.63. The van der Waals surface area contributed by atoms with Crippen LogP contribution in [0.15, 0.2) is 57.9 Å². The van der Waals surface area contributed by atoms with Gasteiger partial charge in [-0.15, -0.1) is 0 Å². The summed E-state index contributed by atoms with van der Waals surface area (Å²) in [5.74, 6) is -0.155. The average molecular weight is 404 g/mol. The van der Waals surface area contributed by atoms with Gasteiger partial charge in [-0.2, -0.15) is 8.42 Å². The molecular weight excluding hydrogens is 388 g/mol. The second-order valence-electron chi connectivity index (χ2n) is 5.72. The number of carbonyl (C=O) groups excluding carboxylic acids is 1. The molecule has 0 N–H and O–H groups in total. The number of rotatable bonds is 6. The van der Waals surface area contributed by atoms with Crippen LogP contribution in [0, 0.1) is 0 Å². The molecule has 0 fully saturated rings. The van der Waals surface area contributed by atoms with E-state index < -0.39 is 21.5 Å². The van der Waals surface area contributed by atoms with Crippen LogP contribution < -0.4 is 14.3 Å². The van der Waals surface area contributed by atoms with E-state index in [1.54, 1.807) is 6.92 Å². The molecule has 1 aromatic heterocycles. The van der Waals surface area contributed by atoms with E-state index in [1.165, 1.54) is 42.5 Å². The number of fused-ring (bicyclic) bond motifs is 1. The van der Waals surface area contributed by atoms with Crippen molar-refractivity contribution in [3.05, 3.63) is 64.5 Å². The molecule has 3 aromatic rings. The molecule has 3 rings (SSSR count). The first-order valence-corrected chi connectivity index (χ1v) is 9.98. The standard InChI is InChI=1S/C19H16O8S/c1-3-24-19(21)12-4-6-13(7-5-12)26-17-11-25-16-10-14(27-28(2,22)23)8-9-15(16)18(17)20/h4-11H,3H2,1-2H3. The topological polar surface area (TPSA) is 109 Å². The highest BCUT2D eigenvalue weighted by molar-refractivity contribution is 7.86. The lowest BCUT2D eigenvalue weighted by Crippen LogP contribution is -2.07. The third kappa shape index (κ3) is 4.49. The number of benzene rings is 2. The Balaban J connectivity index is 1.86. The van der Waals surface area contributed by atoms with Crippen LogP contribution in [0.2, 0.25) is 0 Å². The van der Waals surface area contributed by atoms with Crippen LogP contribution in [-0.4, -0.2) is 27.2 Å². The van der Waals surface area contributed by atoms with Crippen molar-refractivity contribution in [2.45, 2.75) is 6.92 Å². The van der Waals surface area contributed by atoms with E-state index in [1.807, 2.05) is 0 Å². The van der Waals surface area contributed by atoms with E-state index >= 15 is 0 Å². The van der Waals surface area contributed by atoms with Gasteiger partial charge < -0.3 is 18.1 Å². The Hall–Kier alpha value is -3.33. The van der Waals surface area contributed by atoms with Gasteiger partial charge >= 0.3 is 16.1 Å². The van der Waals surface area contributed by atoms with Crippen LogP contribution in [0.3, 0.4) is 0 Å². The van der Waals surface area contributed by atoms with Gasteiger partial charge in [0.25, 0.3) is 0 Å². The Morgan fingerprint density at radius 1 is 1.07 bits per heavy atom. The highest BCUT2D eigenvalue weighted by Gasteiger charge is 2.13. The van der Waals surface area contributed by atoms with E-state index in [9.17, 15) is 18.0 Å². The predicted molar refractivity (Wildman–Crippen MR) is 100 cm³/mol. The number of esters is 1. The predicted octanol–water partition coefficient (Wildman–Crippen LogP) is 3.10. The Bertz CT molecular complexity index is 1180. The van der Waals surface area contributed by atoms with Crippen LogP contribution in [0.1, 0.15) is 17.3 Å². The fourth-order valence-electron chi connectivity index (χ4n) is 2.39. The molecule has 0 amide bonds. The molecule has 9 heteroatoms. The molecule has 146 valence electrons. The van der Waals surface area contributed by atoms with Gasteiger partial charge in [-0.25, -0.2) is 4.79 Å². The Kier molecular flexibility index (Phi) is 5.36. The van der Waals surface area contributed by atoms with Crippen molar-refractivity contribution in [2.24, 2.45) is 0 Å². The largest absolute Gasteiger partial charge is 0.462 e. The molecule has 0 aliphatic rings. The van der Waals surface area contributed by atoms with Gasteiger partial charge in [-0.3, -0.25) is 4.79 Å². The van der Waals surface area contributed by atoms with Gasteiger partial charge in [-0.1, -0.05) is 0 Å². The Labute approximate surface area is 160 Å². The van der Waals surface area contributed by atoms with Crippen molar-refractivity contribution in [1.29, 1.82) is 0 Å². The summed E-state index contributed by atoms with van der Waals surface area (Å²) in [6.45, 7) is 1.98. The zero-order valence-corrected chi connectivity index (χ0v) is 15.8. The summed E-state index contributed by atoms with van der Waals surface area (Å²) in [7, 11) is -3.70. The molecule has 1 heterocycles. The van der Waals surface area contributed by atoms with Gasteiger partial charge in [-0.05, 0) is 43.3 Å². The zero-order valence-electron chi connectivity index (χ0n) is 15.0. The van der Waals surface area contributed by atoms with Crippen molar-refractivity contribution in [1.82, 2.24) is 0 Å². The lowest BCUT2D eigenvalue weighted by Gasteiger charge is -2.07. The van der Waals surface area contributed by atoms with Gasteiger partial charge in [0.05, 0.1) is 23.8 Å². The summed E-state index contributed by atoms with van der Waals surface area (Å²) in [5, 5.41) is 0.196. The number of ether oxygens (including phenoxy) is 2. The van der Waals surface area contributed by atoms with Crippen LogP contribution >= 0.6 is 0 Å². The smallest absolute Gasteiger partial charge is 0.338 e. The molecule has 0 aliphatic carbocycles. The van der Waals surface area contributed by atoms with Gasteiger partial charge in [0.2, 0.25) is 11.2 Å². The van der Waals surface area contributed by atoms with E-state index in [-0.39, 0.29) is 29.1 Å². The third-order valence-electron chi connectivity index (χ3n) is 3.56. The summed E-state index contributed by atoms with van der Waals surface area (Å²) >= 11 is 0. The second-order valence-corrected chi connectivity index (χ2v) is 7.30. The van der Waals surface area contributed by atoms with E-state index in [4.69, 9.17) is 18.1 Å². The minimum absolute atomic E-state index is 0.0290. The lowest BCUT2D eigenvalue weighted by atomic mass is 10.2. The van der Waals surface area contributed by atoms with E-state index in [2.05, 4.69) is 0 Å². The Morgan fingerprint density at radius 2 is 1.75 bits per heavy atom. The molecule has 8 nitrogen and oxygen atoms in total. The lowest BCUT2D eigenvalue weighted by molar-refractivity contribution is 0.0526. The van der Waals surface area contributed by atoms with Crippen LogP contribution in [0.4, 0.5) is 0 Å². The number of hydrogen-bond acceptors (Lipinski definition) is 8. The monoisotopic (exact) mass is 404 g/mol. The molecule has 2 aromatic carbocycles. The van der Waals surface area contributed by atoms with E-state index in [0.717, 1.165) is 12.5 Å². The molecule has 0 aliphatic heterocycles. The third-order valence-corrected chi connectivity index (χ3v) is 4.05. The highest BCUT2D eigenvalue weighted by Crippen LogP contribution is 2.25. The molecule has 0 saturated carbocycles. The number of hydrogen-bond donors (Lipinski definition) is 0. The molecule has 0 unspecified atom stereocenters. The SMILES string of the molecule is CCOC(=O)c1ccc(Oc2coc3cc(OS(C)(=O)=O)ccc3c2=O)cc1. The molecule has 28 heavy (non-hydrogen) atoms. The molecule has 0 atom stereocenters. The molecule has 0 spiro atoms. The maximum Gasteiger partial charge on any atom is 0.338 e. The maximum atomic E-state index is 12.6. The first-order chi connectivity index (χ1) is 13.3. The van der Waals surface area contributed by atoms with Crippen LogP contribution in [-0.2, 0) is 14.9 Å². The zero-order chi connectivity index (χ0) is 20.3. The van der Waals surface area contributed by atoms with Crippen molar-refractivity contribution >= 4 is 27.1 Å². The van der Waals surface area contributed by atoms with Crippen molar-refractivity contribution < 1.29 is 31.3 Å². The minimum atomic E-state index is -3.70. The molecule has 0 bridgehead atoms. The summed E-state index contributed by atoms with van der Waals surface area (Å²) in [4.78, 5) is 24.2. The van der Waals surface area contributed by atoms with Gasteiger partial charge in [0.15, 0.2) is 0 Å². The fraction of sp³-hybridized carbons (Fsp3) is 0.158. The first-order valence-electron chi connectivity index (χ1n) is 8.17. The summed E-state index contributed by atoms with van der Waals surface area (Å²) in [6, 6.07) is 10.1. The Morgan fingerprint density at radius 3 is 2.39 bits per heavy atom. The minimum Gasteiger partial charge on any atom is -0.462 e. The number of carbonyl (C=O) groups is 1. The molecule has 0 radical (unpaired) electrons. The van der Waals surface area contributed by atoms with Crippen molar-refractivity contribution in [3.63, 3.8) is 0 Å². The molecule has 0 saturated heterocycles. The van der Waals surface area contributed by atoms with Crippen molar-refractivity contribution in [3.8, 4) is 17.2 Å². The first kappa shape index (κ1) is 19.4. The van der Waals surface area contributed by atoms with Gasteiger partial charge in [0.1, 0.15) is 23.3 Å². The highest BCUT2D eigenvalue weighted by atomic mass is 32.2. The van der Waals surface area contributed by atoms with Gasteiger partial charge in [0, 0.05) is 6.07 Å². The fourth-order valence-corrected chi connectivity index (χ4v) is 2.84. The van der Waals surface area contributed by atoms with Crippen molar-refractivity contribution in [2.75, 3.05) is 12.9 Å². The molecular formula is C19H16O8S. The van der Waals surface area contributed by atoms with Crippen LogP contribution in [0.5, 0.6) is 17.2 Å². The van der Waals surface area contributed by atoms with E-state index in [0.29, 0.717) is 11.3 Å². The second kappa shape index (κ2) is 7.73.